The van der Waals surface area contributed by atoms with Crippen molar-refractivity contribution < 1.29 is 9.47 Å². The molecule has 0 saturated carbocycles. The molecule has 2 aromatic heterocycles. The Balaban J connectivity index is 2.45. The zero-order chi connectivity index (χ0) is 14.7. The van der Waals surface area contributed by atoms with Crippen LogP contribution in [0.3, 0.4) is 0 Å². The molecule has 6 nitrogen and oxygen atoms in total. The first-order valence-corrected chi connectivity index (χ1v) is 7.00. The smallest absolute Gasteiger partial charge is 0.268 e. The molecule has 20 heavy (non-hydrogen) atoms. The van der Waals surface area contributed by atoms with Crippen LogP contribution in [0.15, 0.2) is 23.4 Å². The molecule has 2 heterocycles. The van der Waals surface area contributed by atoms with Crippen molar-refractivity contribution in [3.8, 4) is 11.5 Å². The van der Waals surface area contributed by atoms with E-state index in [9.17, 15) is 4.79 Å². The first-order valence-electron chi connectivity index (χ1n) is 5.54. The number of rotatable bonds is 4. The van der Waals surface area contributed by atoms with E-state index in [1.807, 2.05) is 22.6 Å². The molecule has 0 spiro atoms. The summed E-state index contributed by atoms with van der Waals surface area (Å²) in [5, 5.41) is 0.192. The van der Waals surface area contributed by atoms with E-state index < -0.39 is 0 Å². The van der Waals surface area contributed by atoms with E-state index >= 15 is 0 Å². The third-order valence-corrected chi connectivity index (χ3v) is 4.20. The number of halogens is 2. The molecule has 0 bridgehead atoms. The van der Waals surface area contributed by atoms with Gasteiger partial charge in [0.15, 0.2) is 11.5 Å². The summed E-state index contributed by atoms with van der Waals surface area (Å²) in [6, 6.07) is 1.69. The molecule has 0 aliphatic rings. The van der Waals surface area contributed by atoms with Crippen molar-refractivity contribution in [2.75, 3.05) is 14.2 Å². The number of nitrogens with zero attached hydrogens (tertiary/aromatic N) is 3. The Morgan fingerprint density at radius 1 is 1.35 bits per heavy atom. The van der Waals surface area contributed by atoms with Crippen molar-refractivity contribution >= 4 is 34.2 Å². The van der Waals surface area contributed by atoms with Gasteiger partial charge in [-0.05, 0) is 22.6 Å². The zero-order valence-electron chi connectivity index (χ0n) is 10.8. The fourth-order valence-electron chi connectivity index (χ4n) is 1.68. The zero-order valence-corrected chi connectivity index (χ0v) is 13.7. The molecule has 106 valence electrons. The average molecular weight is 408 g/mol. The van der Waals surface area contributed by atoms with Crippen molar-refractivity contribution in [1.29, 1.82) is 0 Å². The summed E-state index contributed by atoms with van der Waals surface area (Å²) in [7, 11) is 3.07. The summed E-state index contributed by atoms with van der Waals surface area (Å²) in [5.74, 6) is 1.05. The standard InChI is InChI=1S/C12H11ClIN3O3/c1-19-8-3-4-15-7(10(8)20-2)5-17-6-16-11(13)9(14)12(17)18/h3-4,6H,5H2,1-2H3. The van der Waals surface area contributed by atoms with E-state index in [2.05, 4.69) is 9.97 Å². The van der Waals surface area contributed by atoms with Gasteiger partial charge in [-0.2, -0.15) is 0 Å². The van der Waals surface area contributed by atoms with Crippen LogP contribution in [0, 0.1) is 3.57 Å². The molecule has 0 aromatic carbocycles. The number of aromatic nitrogens is 3. The molecule has 2 rings (SSSR count). The molecule has 0 saturated heterocycles. The second kappa shape index (κ2) is 6.40. The lowest BCUT2D eigenvalue weighted by atomic mass is 10.3. The van der Waals surface area contributed by atoms with Crippen molar-refractivity contribution in [3.05, 3.63) is 43.4 Å². The average Bonchev–Trinajstić information content (AvgIpc) is 2.47. The van der Waals surface area contributed by atoms with Crippen LogP contribution in [0.2, 0.25) is 5.15 Å². The predicted molar refractivity (Wildman–Crippen MR) is 82.7 cm³/mol. The second-order valence-electron chi connectivity index (χ2n) is 3.78. The second-order valence-corrected chi connectivity index (χ2v) is 5.21. The molecular weight excluding hydrogens is 397 g/mol. The summed E-state index contributed by atoms with van der Waals surface area (Å²) in [4.78, 5) is 20.3. The molecule has 0 fully saturated rings. The Kier molecular flexibility index (Phi) is 4.81. The highest BCUT2D eigenvalue weighted by atomic mass is 127. The maximum absolute atomic E-state index is 12.1. The molecule has 0 N–H and O–H groups in total. The fourth-order valence-corrected chi connectivity index (χ4v) is 2.25. The minimum atomic E-state index is -0.225. The van der Waals surface area contributed by atoms with Crippen LogP contribution < -0.4 is 15.0 Å². The highest BCUT2D eigenvalue weighted by Crippen LogP contribution is 2.29. The summed E-state index contributed by atoms with van der Waals surface area (Å²) < 4.78 is 12.3. The lowest BCUT2D eigenvalue weighted by molar-refractivity contribution is 0.348. The molecule has 2 aromatic rings. The van der Waals surface area contributed by atoms with Crippen LogP contribution in [-0.2, 0) is 6.54 Å². The normalized spacial score (nSPS) is 10.4. The van der Waals surface area contributed by atoms with E-state index in [4.69, 9.17) is 21.1 Å². The molecule has 8 heteroatoms. The minimum absolute atomic E-state index is 0.192. The van der Waals surface area contributed by atoms with Gasteiger partial charge < -0.3 is 9.47 Å². The third-order valence-electron chi connectivity index (χ3n) is 2.63. The molecule has 0 amide bonds. The fraction of sp³-hybridized carbons (Fsp3) is 0.250. The van der Waals surface area contributed by atoms with E-state index in [0.29, 0.717) is 20.8 Å². The van der Waals surface area contributed by atoms with Crippen LogP contribution in [0.25, 0.3) is 0 Å². The van der Waals surface area contributed by atoms with Gasteiger partial charge in [0.25, 0.3) is 5.56 Å². The van der Waals surface area contributed by atoms with Gasteiger partial charge in [-0.3, -0.25) is 14.3 Å². The molecular formula is C12H11ClIN3O3. The summed E-state index contributed by atoms with van der Waals surface area (Å²) in [6.45, 7) is 0.222. The molecule has 0 atom stereocenters. The highest BCUT2D eigenvalue weighted by molar-refractivity contribution is 14.1. The van der Waals surface area contributed by atoms with Gasteiger partial charge >= 0.3 is 0 Å². The first kappa shape index (κ1) is 15.0. The van der Waals surface area contributed by atoms with Crippen LogP contribution in [0.5, 0.6) is 11.5 Å². The lowest BCUT2D eigenvalue weighted by Crippen LogP contribution is -2.24. The van der Waals surface area contributed by atoms with Crippen molar-refractivity contribution in [2.24, 2.45) is 0 Å². The predicted octanol–water partition coefficient (Wildman–Crippen LogP) is 1.96. The van der Waals surface area contributed by atoms with Gasteiger partial charge in [0, 0.05) is 12.3 Å². The van der Waals surface area contributed by atoms with Gasteiger partial charge in [0.2, 0.25) is 0 Å². The summed E-state index contributed by atoms with van der Waals surface area (Å²) >= 11 is 7.67. The SMILES string of the molecule is COc1ccnc(Cn2cnc(Cl)c(I)c2=O)c1OC. The Bertz CT molecular complexity index is 690. The van der Waals surface area contributed by atoms with Gasteiger partial charge in [-0.25, -0.2) is 4.98 Å². The monoisotopic (exact) mass is 407 g/mol. The Morgan fingerprint density at radius 3 is 2.75 bits per heavy atom. The van der Waals surface area contributed by atoms with E-state index in [1.54, 1.807) is 19.4 Å². The number of methoxy groups -OCH3 is 2. The van der Waals surface area contributed by atoms with Crippen molar-refractivity contribution in [1.82, 2.24) is 14.5 Å². The molecule has 0 radical (unpaired) electrons. The van der Waals surface area contributed by atoms with Crippen LogP contribution >= 0.6 is 34.2 Å². The van der Waals surface area contributed by atoms with E-state index in [0.717, 1.165) is 0 Å². The maximum Gasteiger partial charge on any atom is 0.268 e. The molecule has 0 aliphatic carbocycles. The Morgan fingerprint density at radius 2 is 2.10 bits per heavy atom. The number of pyridine rings is 1. The third kappa shape index (κ3) is 2.88. The highest BCUT2D eigenvalue weighted by Gasteiger charge is 2.14. The minimum Gasteiger partial charge on any atom is -0.493 e. The maximum atomic E-state index is 12.1. The van der Waals surface area contributed by atoms with Gasteiger partial charge in [-0.15, -0.1) is 0 Å². The molecule has 0 aliphatic heterocycles. The Labute approximate surface area is 133 Å². The quantitative estimate of drug-likeness (QED) is 0.573. The van der Waals surface area contributed by atoms with E-state index in [-0.39, 0.29) is 17.3 Å². The van der Waals surface area contributed by atoms with Crippen LogP contribution in [0.4, 0.5) is 0 Å². The van der Waals surface area contributed by atoms with Crippen molar-refractivity contribution in [3.63, 3.8) is 0 Å². The topological polar surface area (TPSA) is 66.2 Å². The lowest BCUT2D eigenvalue weighted by Gasteiger charge is -2.12. The van der Waals surface area contributed by atoms with Crippen LogP contribution in [0.1, 0.15) is 5.69 Å². The van der Waals surface area contributed by atoms with Gasteiger partial charge in [0.1, 0.15) is 14.4 Å². The Hall–Kier alpha value is -1.35. The first-order chi connectivity index (χ1) is 9.58. The number of hydrogen-bond acceptors (Lipinski definition) is 5. The van der Waals surface area contributed by atoms with Crippen molar-refractivity contribution in [2.45, 2.75) is 6.54 Å². The van der Waals surface area contributed by atoms with Crippen LogP contribution in [-0.4, -0.2) is 28.8 Å². The molecule has 0 unspecified atom stereocenters. The van der Waals surface area contributed by atoms with Gasteiger partial charge in [-0.1, -0.05) is 11.6 Å². The van der Waals surface area contributed by atoms with E-state index in [1.165, 1.54) is 18.0 Å². The van der Waals surface area contributed by atoms with Gasteiger partial charge in [0.05, 0.1) is 27.1 Å². The number of hydrogen-bond donors (Lipinski definition) is 0. The summed E-state index contributed by atoms with van der Waals surface area (Å²) in [6.07, 6.45) is 2.98. The number of ether oxygens (including phenoxy) is 2. The summed E-state index contributed by atoms with van der Waals surface area (Å²) in [5.41, 5.74) is 0.353. The largest absolute Gasteiger partial charge is 0.493 e.